The van der Waals surface area contributed by atoms with Crippen molar-refractivity contribution < 1.29 is 20.4 Å². The van der Waals surface area contributed by atoms with Crippen molar-refractivity contribution in [1.29, 1.82) is 0 Å². The fourth-order valence-corrected chi connectivity index (χ4v) is 8.53. The summed E-state index contributed by atoms with van der Waals surface area (Å²) in [7, 11) is 0. The average molecular weight is 435 g/mol. The lowest BCUT2D eigenvalue weighted by molar-refractivity contribution is -0.258. The van der Waals surface area contributed by atoms with Crippen LogP contribution in [0.3, 0.4) is 0 Å². The zero-order chi connectivity index (χ0) is 22.8. The molecule has 0 aromatic rings. The van der Waals surface area contributed by atoms with Gasteiger partial charge in [0.1, 0.15) is 11.7 Å². The predicted molar refractivity (Wildman–Crippen MR) is 123 cm³/mol. The van der Waals surface area contributed by atoms with Crippen LogP contribution in [0.2, 0.25) is 0 Å². The Hall–Kier alpha value is -0.420. The fraction of sp³-hybridized carbons (Fsp3) is 0.926. The van der Waals surface area contributed by atoms with Gasteiger partial charge in [0.15, 0.2) is 0 Å². The number of aliphatic hydroxyl groups excluding tert-OH is 2. The van der Waals surface area contributed by atoms with Gasteiger partial charge in [-0.1, -0.05) is 60.0 Å². The van der Waals surface area contributed by atoms with Gasteiger partial charge in [0.2, 0.25) is 0 Å². The maximum atomic E-state index is 12.2. The number of hydrogen-bond donors (Lipinski definition) is 4. The first kappa shape index (κ1) is 23.7. The van der Waals surface area contributed by atoms with Crippen molar-refractivity contribution in [2.45, 2.75) is 122 Å². The molecule has 4 nitrogen and oxygen atoms in total. The molecule has 0 heterocycles. The van der Waals surface area contributed by atoms with Crippen molar-refractivity contribution in [3.63, 3.8) is 0 Å². The van der Waals surface area contributed by atoms with Crippen molar-refractivity contribution >= 4 is 0 Å². The first-order valence-electron chi connectivity index (χ1n) is 12.9. The van der Waals surface area contributed by atoms with Crippen molar-refractivity contribution in [2.24, 2.45) is 34.5 Å². The molecule has 178 valence electrons. The maximum Gasteiger partial charge on any atom is 0.105 e. The summed E-state index contributed by atoms with van der Waals surface area (Å²) in [4.78, 5) is 0. The number of rotatable bonds is 5. The summed E-state index contributed by atoms with van der Waals surface area (Å²) in [6.07, 6.45) is 9.08. The SMILES string of the molecule is CC(C)CCCC(C)[C@H]1CCC2C3=C[C@@H](O)[C@@]4(O)C[C@@H](O)CC[C@]4(C)[C@@]3(O)CC[C@@]21C. The molecule has 0 bridgehead atoms. The summed E-state index contributed by atoms with van der Waals surface area (Å²) in [5.74, 6) is 2.35. The first-order valence-corrected chi connectivity index (χ1v) is 12.9. The van der Waals surface area contributed by atoms with Gasteiger partial charge in [-0.05, 0) is 73.2 Å². The van der Waals surface area contributed by atoms with Gasteiger partial charge >= 0.3 is 0 Å². The molecule has 4 aliphatic carbocycles. The molecule has 31 heavy (non-hydrogen) atoms. The molecule has 0 saturated heterocycles. The van der Waals surface area contributed by atoms with E-state index in [0.29, 0.717) is 31.1 Å². The summed E-state index contributed by atoms with van der Waals surface area (Å²) < 4.78 is 0. The van der Waals surface area contributed by atoms with Crippen LogP contribution in [0.5, 0.6) is 0 Å². The molecule has 3 saturated carbocycles. The highest BCUT2D eigenvalue weighted by atomic mass is 16.4. The van der Waals surface area contributed by atoms with Gasteiger partial charge in [-0.2, -0.15) is 0 Å². The molecular weight excluding hydrogens is 388 g/mol. The molecule has 4 aliphatic rings. The largest absolute Gasteiger partial charge is 0.393 e. The molecule has 3 fully saturated rings. The summed E-state index contributed by atoms with van der Waals surface area (Å²) in [6, 6.07) is 0. The predicted octanol–water partition coefficient (Wildman–Crippen LogP) is 4.59. The second-order valence-electron chi connectivity index (χ2n) is 12.6. The average Bonchev–Trinajstić information content (AvgIpc) is 3.03. The monoisotopic (exact) mass is 434 g/mol. The van der Waals surface area contributed by atoms with Crippen LogP contribution in [0.25, 0.3) is 0 Å². The Bertz CT molecular complexity index is 718. The topological polar surface area (TPSA) is 80.9 Å². The highest BCUT2D eigenvalue weighted by Gasteiger charge is 2.70. The standard InChI is InChI=1S/C27H46O4/c1-17(2)7-6-8-18(3)20-9-10-21-22-15-23(29)27(31)16-19(28)11-12-25(27,5)26(22,30)14-13-24(20,21)4/h15,17-21,23,28-31H,6-14,16H2,1-5H3/t18?,19-,20+,21?,23+,24+,25+,26+,27-/m0/s1. The number of hydrogen-bond acceptors (Lipinski definition) is 4. The summed E-state index contributed by atoms with van der Waals surface area (Å²) >= 11 is 0. The van der Waals surface area contributed by atoms with Crippen LogP contribution >= 0.6 is 0 Å². The molecule has 0 aromatic carbocycles. The third kappa shape index (κ3) is 3.30. The normalized spacial score (nSPS) is 50.5. The van der Waals surface area contributed by atoms with E-state index in [0.717, 1.165) is 24.3 Å². The van der Waals surface area contributed by atoms with Crippen molar-refractivity contribution in [3.05, 3.63) is 11.6 Å². The molecule has 9 atom stereocenters. The zero-order valence-corrected chi connectivity index (χ0v) is 20.4. The fourth-order valence-electron chi connectivity index (χ4n) is 8.53. The van der Waals surface area contributed by atoms with E-state index in [4.69, 9.17) is 0 Å². The minimum absolute atomic E-state index is 0.133. The maximum absolute atomic E-state index is 12.2. The molecule has 4 heteroatoms. The van der Waals surface area contributed by atoms with E-state index < -0.39 is 28.8 Å². The van der Waals surface area contributed by atoms with Crippen LogP contribution in [-0.2, 0) is 0 Å². The molecule has 0 aliphatic heterocycles. The van der Waals surface area contributed by atoms with E-state index in [9.17, 15) is 20.4 Å². The minimum atomic E-state index is -1.47. The van der Waals surface area contributed by atoms with E-state index in [2.05, 4.69) is 27.7 Å². The van der Waals surface area contributed by atoms with Gasteiger partial charge in [0.05, 0.1) is 11.7 Å². The van der Waals surface area contributed by atoms with Crippen molar-refractivity contribution in [2.75, 3.05) is 0 Å². The molecule has 4 rings (SSSR count). The Balaban J connectivity index is 1.63. The lowest BCUT2D eigenvalue weighted by Gasteiger charge is -2.65. The van der Waals surface area contributed by atoms with Crippen LogP contribution in [0.4, 0.5) is 0 Å². The van der Waals surface area contributed by atoms with Crippen LogP contribution in [0.1, 0.15) is 98.8 Å². The van der Waals surface area contributed by atoms with Crippen LogP contribution < -0.4 is 0 Å². The van der Waals surface area contributed by atoms with Gasteiger partial charge in [-0.25, -0.2) is 0 Å². The van der Waals surface area contributed by atoms with Gasteiger partial charge in [0, 0.05) is 11.8 Å². The van der Waals surface area contributed by atoms with E-state index in [1.54, 1.807) is 6.08 Å². The third-order valence-electron chi connectivity index (χ3n) is 10.6. The lowest BCUT2D eigenvalue weighted by Crippen LogP contribution is -2.72. The van der Waals surface area contributed by atoms with Crippen molar-refractivity contribution in [3.8, 4) is 0 Å². The zero-order valence-electron chi connectivity index (χ0n) is 20.4. The number of fused-ring (bicyclic) bond motifs is 5. The highest BCUT2D eigenvalue weighted by molar-refractivity contribution is 5.40. The molecule has 0 spiro atoms. The minimum Gasteiger partial charge on any atom is -0.393 e. The Morgan fingerprint density at radius 3 is 2.35 bits per heavy atom. The van der Waals surface area contributed by atoms with E-state index in [1.165, 1.54) is 25.7 Å². The molecular formula is C27H46O4. The lowest BCUT2D eigenvalue weighted by atomic mass is 9.43. The molecule has 4 N–H and O–H groups in total. The quantitative estimate of drug-likeness (QED) is 0.477. The molecule has 0 aromatic heterocycles. The second kappa shape index (κ2) is 7.82. The van der Waals surface area contributed by atoms with E-state index >= 15 is 0 Å². The summed E-state index contributed by atoms with van der Waals surface area (Å²) in [6.45, 7) is 11.4. The highest BCUT2D eigenvalue weighted by Crippen LogP contribution is 2.69. The Labute approximate surface area is 189 Å². The summed E-state index contributed by atoms with van der Waals surface area (Å²) in [5, 5.41) is 45.1. The third-order valence-corrected chi connectivity index (χ3v) is 10.6. The van der Waals surface area contributed by atoms with Gasteiger partial charge < -0.3 is 20.4 Å². The van der Waals surface area contributed by atoms with Crippen LogP contribution in [0, 0.1) is 34.5 Å². The summed E-state index contributed by atoms with van der Waals surface area (Å²) in [5.41, 5.74) is -2.26. The van der Waals surface area contributed by atoms with E-state index in [1.807, 2.05) is 6.92 Å². The van der Waals surface area contributed by atoms with Crippen LogP contribution in [0.15, 0.2) is 11.6 Å². The number of aliphatic hydroxyl groups is 4. The van der Waals surface area contributed by atoms with Gasteiger partial charge in [0.25, 0.3) is 0 Å². The second-order valence-corrected chi connectivity index (χ2v) is 12.6. The molecule has 0 radical (unpaired) electrons. The van der Waals surface area contributed by atoms with Gasteiger partial charge in [-0.15, -0.1) is 0 Å². The first-order chi connectivity index (χ1) is 14.4. The molecule has 0 amide bonds. The van der Waals surface area contributed by atoms with Crippen LogP contribution in [-0.4, -0.2) is 43.8 Å². The Kier molecular flexibility index (Phi) is 5.99. The van der Waals surface area contributed by atoms with Crippen molar-refractivity contribution in [1.82, 2.24) is 0 Å². The van der Waals surface area contributed by atoms with Gasteiger partial charge in [-0.3, -0.25) is 0 Å². The Morgan fingerprint density at radius 1 is 0.968 bits per heavy atom. The smallest absolute Gasteiger partial charge is 0.105 e. The molecule has 2 unspecified atom stereocenters. The van der Waals surface area contributed by atoms with E-state index in [-0.39, 0.29) is 17.8 Å². The Morgan fingerprint density at radius 2 is 1.68 bits per heavy atom.